The molecule has 0 aromatic carbocycles. The van der Waals surface area contributed by atoms with Crippen molar-refractivity contribution in [2.24, 2.45) is 5.73 Å². The fourth-order valence-electron chi connectivity index (χ4n) is 3.32. The maximum atomic E-state index is 6.05. The summed E-state index contributed by atoms with van der Waals surface area (Å²) in [5.41, 5.74) is 6.16. The van der Waals surface area contributed by atoms with Crippen molar-refractivity contribution in [1.82, 2.24) is 19.8 Å². The molecule has 6 heteroatoms. The minimum atomic E-state index is 0.113. The molecule has 2 aliphatic carbocycles. The molecule has 0 aliphatic heterocycles. The van der Waals surface area contributed by atoms with Crippen LogP contribution in [0.4, 0.5) is 0 Å². The molecule has 0 bridgehead atoms. The predicted octanol–water partition coefficient (Wildman–Crippen LogP) is 2.22. The monoisotopic (exact) mass is 277 g/mol. The van der Waals surface area contributed by atoms with Crippen molar-refractivity contribution in [2.45, 2.75) is 56.3 Å². The zero-order chi connectivity index (χ0) is 12.9. The fourth-order valence-corrected chi connectivity index (χ4v) is 4.43. The molecular formula is C13H19N5S. The van der Waals surface area contributed by atoms with Crippen LogP contribution in [0.25, 0.3) is 4.96 Å². The van der Waals surface area contributed by atoms with Crippen LogP contribution in [-0.4, -0.2) is 26.4 Å². The van der Waals surface area contributed by atoms with Gasteiger partial charge in [-0.05, 0) is 25.7 Å². The molecule has 0 amide bonds. The molecule has 2 aromatic rings. The largest absolute Gasteiger partial charge is 0.329 e. The van der Waals surface area contributed by atoms with E-state index in [0.717, 1.165) is 10.8 Å². The van der Waals surface area contributed by atoms with Crippen LogP contribution >= 0.6 is 11.3 Å². The summed E-state index contributed by atoms with van der Waals surface area (Å²) in [7, 11) is 0. The van der Waals surface area contributed by atoms with Gasteiger partial charge in [0.15, 0.2) is 5.82 Å². The van der Waals surface area contributed by atoms with E-state index in [1.54, 1.807) is 11.3 Å². The average molecular weight is 277 g/mol. The number of hydrogen-bond acceptors (Lipinski definition) is 5. The van der Waals surface area contributed by atoms with Crippen molar-refractivity contribution in [3.8, 4) is 0 Å². The van der Waals surface area contributed by atoms with Crippen LogP contribution in [0.15, 0.2) is 0 Å². The Hall–Kier alpha value is -1.01. The Morgan fingerprint density at radius 1 is 1.21 bits per heavy atom. The summed E-state index contributed by atoms with van der Waals surface area (Å²) in [5, 5.41) is 14.6. The van der Waals surface area contributed by atoms with Gasteiger partial charge in [-0.15, -0.1) is 10.2 Å². The summed E-state index contributed by atoms with van der Waals surface area (Å²) in [6.45, 7) is 0.704. The van der Waals surface area contributed by atoms with Gasteiger partial charge in [-0.25, -0.2) is 0 Å². The predicted molar refractivity (Wildman–Crippen MR) is 74.5 cm³/mol. The quantitative estimate of drug-likeness (QED) is 0.934. The SMILES string of the molecule is NCC1(c2nn3c(C4CCC4)nnc3s2)CCCC1. The third-order valence-corrected chi connectivity index (χ3v) is 6.04. The molecule has 19 heavy (non-hydrogen) atoms. The molecule has 5 nitrogen and oxygen atoms in total. The summed E-state index contributed by atoms with van der Waals surface area (Å²) >= 11 is 1.69. The first kappa shape index (κ1) is 11.8. The lowest BCUT2D eigenvalue weighted by Crippen LogP contribution is -2.32. The lowest BCUT2D eigenvalue weighted by Gasteiger charge is -2.24. The van der Waals surface area contributed by atoms with E-state index in [9.17, 15) is 0 Å². The summed E-state index contributed by atoms with van der Waals surface area (Å²) in [5.74, 6) is 1.64. The second kappa shape index (κ2) is 4.24. The molecule has 0 radical (unpaired) electrons. The van der Waals surface area contributed by atoms with Crippen molar-refractivity contribution in [3.63, 3.8) is 0 Å². The molecule has 0 spiro atoms. The molecule has 2 heterocycles. The summed E-state index contributed by atoms with van der Waals surface area (Å²) < 4.78 is 1.99. The summed E-state index contributed by atoms with van der Waals surface area (Å²) in [6.07, 6.45) is 8.66. The first-order chi connectivity index (χ1) is 9.32. The molecule has 2 saturated carbocycles. The van der Waals surface area contributed by atoms with Crippen LogP contribution in [0.5, 0.6) is 0 Å². The first-order valence-corrected chi connectivity index (χ1v) is 8.07. The number of nitrogens with two attached hydrogens (primary N) is 1. The Bertz CT molecular complexity index is 591. The second-order valence-corrected chi connectivity index (χ2v) is 6.94. The number of hydrogen-bond donors (Lipinski definition) is 1. The Balaban J connectivity index is 1.77. The molecular weight excluding hydrogens is 258 g/mol. The van der Waals surface area contributed by atoms with Gasteiger partial charge in [-0.1, -0.05) is 30.6 Å². The highest BCUT2D eigenvalue weighted by Gasteiger charge is 2.38. The van der Waals surface area contributed by atoms with Gasteiger partial charge in [0.25, 0.3) is 0 Å². The fraction of sp³-hybridized carbons (Fsp3) is 0.769. The van der Waals surface area contributed by atoms with E-state index in [2.05, 4.69) is 10.2 Å². The number of fused-ring (bicyclic) bond motifs is 1. The van der Waals surface area contributed by atoms with Crippen molar-refractivity contribution < 1.29 is 0 Å². The number of nitrogens with zero attached hydrogens (tertiary/aromatic N) is 4. The molecule has 102 valence electrons. The lowest BCUT2D eigenvalue weighted by atomic mass is 9.85. The Kier molecular flexibility index (Phi) is 2.63. The van der Waals surface area contributed by atoms with Crippen molar-refractivity contribution in [2.75, 3.05) is 6.54 Å². The highest BCUT2D eigenvalue weighted by molar-refractivity contribution is 7.16. The molecule has 2 fully saturated rings. The Labute approximate surface area is 116 Å². The van der Waals surface area contributed by atoms with Crippen LogP contribution in [-0.2, 0) is 5.41 Å². The van der Waals surface area contributed by atoms with Crippen molar-refractivity contribution in [3.05, 3.63) is 10.8 Å². The Morgan fingerprint density at radius 3 is 2.63 bits per heavy atom. The molecule has 2 N–H and O–H groups in total. The van der Waals surface area contributed by atoms with E-state index in [0.29, 0.717) is 12.5 Å². The van der Waals surface area contributed by atoms with Crippen LogP contribution in [0.1, 0.15) is 61.7 Å². The van der Waals surface area contributed by atoms with Gasteiger partial charge in [0, 0.05) is 17.9 Å². The smallest absolute Gasteiger partial charge is 0.234 e. The third kappa shape index (κ3) is 1.66. The molecule has 2 aromatic heterocycles. The molecule has 0 atom stereocenters. The maximum Gasteiger partial charge on any atom is 0.234 e. The van der Waals surface area contributed by atoms with E-state index in [1.165, 1.54) is 50.0 Å². The van der Waals surface area contributed by atoms with E-state index in [1.807, 2.05) is 4.52 Å². The van der Waals surface area contributed by atoms with E-state index in [-0.39, 0.29) is 5.41 Å². The maximum absolute atomic E-state index is 6.05. The van der Waals surface area contributed by atoms with Crippen molar-refractivity contribution in [1.29, 1.82) is 0 Å². The average Bonchev–Trinajstić information content (AvgIpc) is 3.02. The minimum Gasteiger partial charge on any atom is -0.329 e. The van der Waals surface area contributed by atoms with Gasteiger partial charge in [-0.3, -0.25) is 0 Å². The molecule has 0 unspecified atom stereocenters. The number of aromatic nitrogens is 4. The highest BCUT2D eigenvalue weighted by Crippen LogP contribution is 2.42. The minimum absolute atomic E-state index is 0.113. The number of rotatable bonds is 3. The van der Waals surface area contributed by atoms with Crippen LogP contribution < -0.4 is 5.73 Å². The third-order valence-electron chi connectivity index (χ3n) is 4.89. The summed E-state index contributed by atoms with van der Waals surface area (Å²) in [6, 6.07) is 0. The zero-order valence-electron chi connectivity index (χ0n) is 11.0. The lowest BCUT2D eigenvalue weighted by molar-refractivity contribution is 0.392. The highest BCUT2D eigenvalue weighted by atomic mass is 32.1. The van der Waals surface area contributed by atoms with E-state index < -0.39 is 0 Å². The molecule has 4 rings (SSSR count). The van der Waals surface area contributed by atoms with Gasteiger partial charge in [0.05, 0.1) is 0 Å². The standard InChI is InChI=1S/C13H19N5S/c14-8-13(6-1-2-7-13)11-17-18-10(9-4-3-5-9)15-16-12(18)19-11/h9H,1-8,14H2. The summed E-state index contributed by atoms with van der Waals surface area (Å²) in [4.78, 5) is 0.941. The zero-order valence-corrected chi connectivity index (χ0v) is 11.8. The van der Waals surface area contributed by atoms with E-state index in [4.69, 9.17) is 10.8 Å². The van der Waals surface area contributed by atoms with E-state index >= 15 is 0 Å². The van der Waals surface area contributed by atoms with Crippen LogP contribution in [0.3, 0.4) is 0 Å². The van der Waals surface area contributed by atoms with Gasteiger partial charge in [0.2, 0.25) is 4.96 Å². The second-order valence-electron chi connectivity index (χ2n) is 5.98. The van der Waals surface area contributed by atoms with Crippen LogP contribution in [0, 0.1) is 0 Å². The van der Waals surface area contributed by atoms with Crippen LogP contribution in [0.2, 0.25) is 0 Å². The first-order valence-electron chi connectivity index (χ1n) is 7.25. The normalized spacial score (nSPS) is 23.0. The van der Waals surface area contributed by atoms with Gasteiger partial charge in [0.1, 0.15) is 5.01 Å². The Morgan fingerprint density at radius 2 is 2.00 bits per heavy atom. The van der Waals surface area contributed by atoms with Crippen molar-refractivity contribution >= 4 is 16.3 Å². The molecule has 0 saturated heterocycles. The van der Waals surface area contributed by atoms with Gasteiger partial charge >= 0.3 is 0 Å². The topological polar surface area (TPSA) is 69.1 Å². The van der Waals surface area contributed by atoms with Gasteiger partial charge < -0.3 is 5.73 Å². The molecule has 2 aliphatic rings. The van der Waals surface area contributed by atoms with Gasteiger partial charge in [-0.2, -0.15) is 9.61 Å².